The van der Waals surface area contributed by atoms with Gasteiger partial charge in [0.25, 0.3) is 11.8 Å². The molecule has 0 saturated carbocycles. The van der Waals surface area contributed by atoms with Crippen LogP contribution in [0.15, 0.2) is 48.7 Å². The van der Waals surface area contributed by atoms with Crippen molar-refractivity contribution in [2.45, 2.75) is 33.7 Å². The summed E-state index contributed by atoms with van der Waals surface area (Å²) in [5, 5.41) is 5.80. The highest BCUT2D eigenvalue weighted by molar-refractivity contribution is 6.02. The lowest BCUT2D eigenvalue weighted by molar-refractivity contribution is 0.0941. The molecule has 0 aliphatic heterocycles. The van der Waals surface area contributed by atoms with Gasteiger partial charge in [-0.2, -0.15) is 0 Å². The Bertz CT molecular complexity index is 991. The van der Waals surface area contributed by atoms with Crippen LogP contribution in [-0.2, 0) is 6.54 Å². The van der Waals surface area contributed by atoms with Crippen molar-refractivity contribution >= 4 is 17.3 Å². The van der Waals surface area contributed by atoms with Gasteiger partial charge in [-0.15, -0.1) is 0 Å². The highest BCUT2D eigenvalue weighted by Crippen LogP contribution is 2.14. The molecule has 2 aromatic heterocycles. The summed E-state index contributed by atoms with van der Waals surface area (Å²) in [6.45, 7) is 7.20. The third kappa shape index (κ3) is 4.39. The van der Waals surface area contributed by atoms with Gasteiger partial charge >= 0.3 is 0 Å². The number of hydrogen-bond donors (Lipinski definition) is 2. The Hall–Kier alpha value is -3.15. The fourth-order valence-electron chi connectivity index (χ4n) is 2.99. The van der Waals surface area contributed by atoms with Crippen LogP contribution in [0, 0.1) is 12.8 Å². The number of nitrogens with zero attached hydrogens (tertiary/aromatic N) is 2. The number of aromatic nitrogens is 2. The average Bonchev–Trinajstić information content (AvgIpc) is 3.07. The molecule has 28 heavy (non-hydrogen) atoms. The number of imidazole rings is 1. The predicted molar refractivity (Wildman–Crippen MR) is 109 cm³/mol. The molecule has 0 saturated heterocycles. The minimum Gasteiger partial charge on any atom is -0.349 e. The Labute approximate surface area is 165 Å². The number of benzene rings is 1. The topological polar surface area (TPSA) is 75.5 Å². The second-order valence-corrected chi connectivity index (χ2v) is 7.29. The lowest BCUT2D eigenvalue weighted by Crippen LogP contribution is -2.27. The zero-order valence-corrected chi connectivity index (χ0v) is 16.5. The van der Waals surface area contributed by atoms with Gasteiger partial charge in [0.2, 0.25) is 5.82 Å². The summed E-state index contributed by atoms with van der Waals surface area (Å²) in [6.07, 6.45) is 2.64. The van der Waals surface area contributed by atoms with Crippen molar-refractivity contribution in [3.05, 3.63) is 71.3 Å². The van der Waals surface area contributed by atoms with Crippen LogP contribution >= 0.6 is 0 Å². The lowest BCUT2D eigenvalue weighted by Gasteiger charge is -2.06. The first kappa shape index (κ1) is 19.6. The largest absolute Gasteiger partial charge is 0.349 e. The first-order valence-electron chi connectivity index (χ1n) is 9.55. The van der Waals surface area contributed by atoms with Crippen molar-refractivity contribution < 1.29 is 9.59 Å². The zero-order valence-electron chi connectivity index (χ0n) is 16.5. The van der Waals surface area contributed by atoms with E-state index in [-0.39, 0.29) is 23.3 Å². The van der Waals surface area contributed by atoms with Crippen LogP contribution in [0.5, 0.6) is 0 Å². The first-order valence-corrected chi connectivity index (χ1v) is 9.55. The van der Waals surface area contributed by atoms with Crippen LogP contribution in [0.3, 0.4) is 0 Å². The van der Waals surface area contributed by atoms with Gasteiger partial charge in [-0.05, 0) is 42.5 Å². The molecule has 2 N–H and O–H groups in total. The van der Waals surface area contributed by atoms with Crippen LogP contribution in [0.25, 0.3) is 5.52 Å². The standard InChI is InChI=1S/C22H26N4O2/c1-15(2)11-12-23-22(28)20-25-19(18-10-6-7-13-26(18)20)21(27)24-14-17-9-5-4-8-16(17)3/h4-10,13,15H,11-12,14H2,1-3H3,(H,23,28)(H,24,27). The summed E-state index contributed by atoms with van der Waals surface area (Å²) >= 11 is 0. The van der Waals surface area contributed by atoms with Crippen molar-refractivity contribution in [2.24, 2.45) is 5.92 Å². The zero-order chi connectivity index (χ0) is 20.1. The summed E-state index contributed by atoms with van der Waals surface area (Å²) in [6, 6.07) is 13.3. The minimum absolute atomic E-state index is 0.223. The number of carbonyl (C=O) groups excluding carboxylic acids is 2. The molecule has 3 rings (SSSR count). The highest BCUT2D eigenvalue weighted by Gasteiger charge is 2.21. The van der Waals surface area contributed by atoms with E-state index in [1.165, 1.54) is 0 Å². The quantitative estimate of drug-likeness (QED) is 0.662. The van der Waals surface area contributed by atoms with E-state index in [4.69, 9.17) is 0 Å². The Kier molecular flexibility index (Phi) is 6.09. The van der Waals surface area contributed by atoms with Gasteiger partial charge in [-0.3, -0.25) is 14.0 Å². The lowest BCUT2D eigenvalue weighted by atomic mass is 10.1. The van der Waals surface area contributed by atoms with Crippen molar-refractivity contribution in [2.75, 3.05) is 6.54 Å². The van der Waals surface area contributed by atoms with Crippen LogP contribution in [0.4, 0.5) is 0 Å². The molecule has 146 valence electrons. The maximum absolute atomic E-state index is 12.8. The summed E-state index contributed by atoms with van der Waals surface area (Å²) in [4.78, 5) is 29.7. The number of nitrogens with one attached hydrogen (secondary N) is 2. The van der Waals surface area contributed by atoms with Gasteiger partial charge in [0.15, 0.2) is 5.69 Å². The van der Waals surface area contributed by atoms with E-state index in [0.717, 1.165) is 17.5 Å². The molecule has 0 unspecified atom stereocenters. The number of rotatable bonds is 7. The van der Waals surface area contributed by atoms with E-state index < -0.39 is 0 Å². The van der Waals surface area contributed by atoms with Gasteiger partial charge in [-0.25, -0.2) is 4.98 Å². The van der Waals surface area contributed by atoms with Crippen LogP contribution < -0.4 is 10.6 Å². The molecule has 0 fully saturated rings. The SMILES string of the molecule is Cc1ccccc1CNC(=O)c1nc(C(=O)NCCC(C)C)n2ccccc12. The molecule has 2 heterocycles. The summed E-state index contributed by atoms with van der Waals surface area (Å²) < 4.78 is 1.66. The van der Waals surface area contributed by atoms with Gasteiger partial charge in [0.05, 0.1) is 5.52 Å². The molecule has 0 aliphatic rings. The summed E-state index contributed by atoms with van der Waals surface area (Å²) in [7, 11) is 0. The molecule has 1 aromatic carbocycles. The van der Waals surface area contributed by atoms with E-state index in [9.17, 15) is 9.59 Å². The third-order valence-electron chi connectivity index (χ3n) is 4.67. The second kappa shape index (κ2) is 8.69. The Morgan fingerprint density at radius 1 is 1.04 bits per heavy atom. The van der Waals surface area contributed by atoms with Crippen LogP contribution in [0.1, 0.15) is 52.5 Å². The van der Waals surface area contributed by atoms with Crippen molar-refractivity contribution in [3.8, 4) is 0 Å². The fourth-order valence-corrected chi connectivity index (χ4v) is 2.99. The normalized spacial score (nSPS) is 11.0. The number of aryl methyl sites for hydroxylation is 1. The summed E-state index contributed by atoms with van der Waals surface area (Å²) in [5.41, 5.74) is 3.02. The molecule has 2 amide bonds. The van der Waals surface area contributed by atoms with Crippen molar-refractivity contribution in [3.63, 3.8) is 0 Å². The second-order valence-electron chi connectivity index (χ2n) is 7.29. The van der Waals surface area contributed by atoms with E-state index in [1.54, 1.807) is 16.7 Å². The fraction of sp³-hybridized carbons (Fsp3) is 0.318. The maximum atomic E-state index is 12.8. The molecule has 6 heteroatoms. The third-order valence-corrected chi connectivity index (χ3v) is 4.67. The van der Waals surface area contributed by atoms with Crippen LogP contribution in [0.2, 0.25) is 0 Å². The number of amides is 2. The number of pyridine rings is 1. The molecule has 3 aromatic rings. The molecular formula is C22H26N4O2. The van der Waals surface area contributed by atoms with Crippen molar-refractivity contribution in [1.82, 2.24) is 20.0 Å². The van der Waals surface area contributed by atoms with E-state index in [1.807, 2.05) is 43.3 Å². The number of fused-ring (bicyclic) bond motifs is 1. The van der Waals surface area contributed by atoms with Gasteiger partial charge in [-0.1, -0.05) is 44.2 Å². The maximum Gasteiger partial charge on any atom is 0.287 e. The molecule has 0 bridgehead atoms. The van der Waals surface area contributed by atoms with Gasteiger partial charge in [0.1, 0.15) is 0 Å². The van der Waals surface area contributed by atoms with Crippen LogP contribution in [-0.4, -0.2) is 27.7 Å². The van der Waals surface area contributed by atoms with Gasteiger partial charge < -0.3 is 10.6 Å². The Morgan fingerprint density at radius 2 is 1.79 bits per heavy atom. The molecule has 0 aliphatic carbocycles. The Morgan fingerprint density at radius 3 is 2.54 bits per heavy atom. The number of hydrogen-bond acceptors (Lipinski definition) is 3. The highest BCUT2D eigenvalue weighted by atomic mass is 16.2. The smallest absolute Gasteiger partial charge is 0.287 e. The minimum atomic E-state index is -0.298. The molecule has 6 nitrogen and oxygen atoms in total. The summed E-state index contributed by atoms with van der Waals surface area (Å²) in [5.74, 6) is 0.147. The number of carbonyl (C=O) groups is 2. The van der Waals surface area contributed by atoms with E-state index in [0.29, 0.717) is 24.5 Å². The van der Waals surface area contributed by atoms with E-state index in [2.05, 4.69) is 29.5 Å². The predicted octanol–water partition coefficient (Wildman–Crippen LogP) is 3.35. The molecule has 0 radical (unpaired) electrons. The van der Waals surface area contributed by atoms with E-state index >= 15 is 0 Å². The molecule has 0 atom stereocenters. The molecule has 0 spiro atoms. The first-order chi connectivity index (χ1) is 13.5. The monoisotopic (exact) mass is 378 g/mol. The average molecular weight is 378 g/mol. The molecular weight excluding hydrogens is 352 g/mol. The van der Waals surface area contributed by atoms with Gasteiger partial charge in [0, 0.05) is 19.3 Å². The Balaban J connectivity index is 1.80. The van der Waals surface area contributed by atoms with Crippen molar-refractivity contribution in [1.29, 1.82) is 0 Å².